The number of sulfonamides is 1. The first-order valence-electron chi connectivity index (χ1n) is 6.58. The molecule has 21 heavy (non-hydrogen) atoms. The number of anilines is 2. The van der Waals surface area contributed by atoms with Crippen LogP contribution in [0, 0.1) is 6.92 Å². The Morgan fingerprint density at radius 1 is 1.33 bits per heavy atom. The quantitative estimate of drug-likeness (QED) is 0.888. The maximum absolute atomic E-state index is 11.3. The summed E-state index contributed by atoms with van der Waals surface area (Å²) in [4.78, 5) is 4.31. The van der Waals surface area contributed by atoms with Crippen molar-refractivity contribution in [2.75, 3.05) is 16.3 Å². The first-order valence-corrected chi connectivity index (χ1v) is 8.47. The number of imidazole rings is 1. The molecule has 0 aliphatic carbocycles. The average molecular weight is 308 g/mol. The summed E-state index contributed by atoms with van der Waals surface area (Å²) in [6, 6.07) is 5.56. The van der Waals surface area contributed by atoms with Gasteiger partial charge in [-0.05, 0) is 37.6 Å². The summed E-state index contributed by atoms with van der Waals surface area (Å²) in [7, 11) is -1.31. The van der Waals surface area contributed by atoms with Gasteiger partial charge in [-0.3, -0.25) is 4.72 Å². The molecular weight excluding hydrogens is 288 g/mol. The molecule has 0 spiro atoms. The van der Waals surface area contributed by atoms with E-state index in [4.69, 9.17) is 0 Å². The van der Waals surface area contributed by atoms with Crippen LogP contribution in [0.15, 0.2) is 30.6 Å². The second kappa shape index (κ2) is 5.77. The molecule has 1 heterocycles. The number of hydrogen-bond donors (Lipinski definition) is 2. The maximum Gasteiger partial charge on any atom is 0.229 e. The molecule has 0 amide bonds. The van der Waals surface area contributed by atoms with Gasteiger partial charge < -0.3 is 9.88 Å². The molecule has 114 valence electrons. The van der Waals surface area contributed by atoms with E-state index in [2.05, 4.69) is 15.0 Å². The Bertz CT molecular complexity index is 737. The van der Waals surface area contributed by atoms with E-state index in [0.717, 1.165) is 23.3 Å². The molecule has 6 nitrogen and oxygen atoms in total. The summed E-state index contributed by atoms with van der Waals surface area (Å²) in [6.07, 6.45) is 4.80. The smallest absolute Gasteiger partial charge is 0.229 e. The molecule has 0 fully saturated rings. The van der Waals surface area contributed by atoms with Gasteiger partial charge in [0.05, 0.1) is 18.0 Å². The molecule has 1 aromatic carbocycles. The lowest BCUT2D eigenvalue weighted by Crippen LogP contribution is -2.13. The van der Waals surface area contributed by atoms with E-state index >= 15 is 0 Å². The van der Waals surface area contributed by atoms with Crippen molar-refractivity contribution in [2.24, 2.45) is 7.05 Å². The molecule has 0 radical (unpaired) electrons. The van der Waals surface area contributed by atoms with Crippen LogP contribution in [0.3, 0.4) is 0 Å². The molecular formula is C14H20N4O2S. The van der Waals surface area contributed by atoms with Crippen molar-refractivity contribution in [1.29, 1.82) is 0 Å². The number of aromatic nitrogens is 2. The third-order valence-electron chi connectivity index (χ3n) is 3.15. The lowest BCUT2D eigenvalue weighted by Gasteiger charge is -2.16. The molecule has 0 aliphatic rings. The third kappa shape index (κ3) is 3.98. The highest BCUT2D eigenvalue weighted by Crippen LogP contribution is 2.23. The summed E-state index contributed by atoms with van der Waals surface area (Å²) < 4.78 is 27.0. The minimum Gasteiger partial charge on any atom is -0.375 e. The van der Waals surface area contributed by atoms with E-state index in [-0.39, 0.29) is 6.04 Å². The highest BCUT2D eigenvalue weighted by Gasteiger charge is 2.11. The number of benzene rings is 1. The van der Waals surface area contributed by atoms with Gasteiger partial charge in [-0.2, -0.15) is 0 Å². The van der Waals surface area contributed by atoms with Crippen LogP contribution < -0.4 is 10.0 Å². The van der Waals surface area contributed by atoms with Gasteiger partial charge in [-0.25, -0.2) is 13.4 Å². The van der Waals surface area contributed by atoms with E-state index in [1.54, 1.807) is 12.3 Å². The van der Waals surface area contributed by atoms with Crippen molar-refractivity contribution >= 4 is 21.4 Å². The lowest BCUT2D eigenvalue weighted by molar-refractivity contribution is 0.607. The standard InChI is InChI=1S/C14H20N4O2S/c1-10-9-12(5-6-13(10)17-21(4,19)20)16-11(2)14-15-7-8-18(14)3/h5-9,11,16-17H,1-4H3. The van der Waals surface area contributed by atoms with E-state index in [9.17, 15) is 8.42 Å². The molecule has 1 atom stereocenters. The van der Waals surface area contributed by atoms with E-state index < -0.39 is 10.0 Å². The fourth-order valence-corrected chi connectivity index (χ4v) is 2.81. The zero-order valence-corrected chi connectivity index (χ0v) is 13.4. The van der Waals surface area contributed by atoms with Gasteiger partial charge >= 0.3 is 0 Å². The summed E-state index contributed by atoms with van der Waals surface area (Å²) >= 11 is 0. The van der Waals surface area contributed by atoms with Crippen LogP contribution in [0.1, 0.15) is 24.4 Å². The minimum absolute atomic E-state index is 0.0538. The fraction of sp³-hybridized carbons (Fsp3) is 0.357. The SMILES string of the molecule is Cc1cc(NC(C)c2nccn2C)ccc1NS(C)(=O)=O. The largest absolute Gasteiger partial charge is 0.375 e. The second-order valence-electron chi connectivity index (χ2n) is 5.17. The molecule has 1 unspecified atom stereocenters. The van der Waals surface area contributed by atoms with Crippen LogP contribution in [-0.2, 0) is 17.1 Å². The predicted molar refractivity (Wildman–Crippen MR) is 84.9 cm³/mol. The molecule has 2 rings (SSSR count). The predicted octanol–water partition coefficient (Wildman–Crippen LogP) is 2.27. The molecule has 0 saturated heterocycles. The zero-order valence-electron chi connectivity index (χ0n) is 12.6. The Kier molecular flexibility index (Phi) is 4.22. The molecule has 2 N–H and O–H groups in total. The molecule has 7 heteroatoms. The number of nitrogens with zero attached hydrogens (tertiary/aromatic N) is 2. The summed E-state index contributed by atoms with van der Waals surface area (Å²) in [6.45, 7) is 3.89. The van der Waals surface area contributed by atoms with Crippen LogP contribution in [0.2, 0.25) is 0 Å². The van der Waals surface area contributed by atoms with Gasteiger partial charge in [0.15, 0.2) is 0 Å². The van der Waals surface area contributed by atoms with Gasteiger partial charge in [0.2, 0.25) is 10.0 Å². The van der Waals surface area contributed by atoms with Crippen molar-refractivity contribution in [3.8, 4) is 0 Å². The van der Waals surface area contributed by atoms with E-state index in [1.165, 1.54) is 0 Å². The Hall–Kier alpha value is -2.02. The third-order valence-corrected chi connectivity index (χ3v) is 3.74. The van der Waals surface area contributed by atoms with E-state index in [0.29, 0.717) is 5.69 Å². The highest BCUT2D eigenvalue weighted by atomic mass is 32.2. The Balaban J connectivity index is 2.15. The van der Waals surface area contributed by atoms with Gasteiger partial charge in [0.25, 0.3) is 0 Å². The van der Waals surface area contributed by atoms with Crippen LogP contribution in [0.25, 0.3) is 0 Å². The number of hydrogen-bond acceptors (Lipinski definition) is 4. The van der Waals surface area contributed by atoms with Gasteiger partial charge in [0.1, 0.15) is 5.82 Å². The van der Waals surface area contributed by atoms with Crippen molar-refractivity contribution < 1.29 is 8.42 Å². The normalized spacial score (nSPS) is 13.0. The van der Waals surface area contributed by atoms with Gasteiger partial charge in [-0.15, -0.1) is 0 Å². The van der Waals surface area contributed by atoms with Crippen LogP contribution in [-0.4, -0.2) is 24.2 Å². The molecule has 0 bridgehead atoms. The average Bonchev–Trinajstić information content (AvgIpc) is 2.77. The molecule has 2 aromatic rings. The number of aryl methyl sites for hydroxylation is 2. The van der Waals surface area contributed by atoms with Crippen molar-refractivity contribution in [3.05, 3.63) is 42.0 Å². The summed E-state index contributed by atoms with van der Waals surface area (Å²) in [5, 5.41) is 3.36. The lowest BCUT2D eigenvalue weighted by atomic mass is 10.1. The van der Waals surface area contributed by atoms with Crippen LogP contribution >= 0.6 is 0 Å². The Morgan fingerprint density at radius 2 is 2.05 bits per heavy atom. The van der Waals surface area contributed by atoms with Crippen LogP contribution in [0.4, 0.5) is 11.4 Å². The van der Waals surface area contributed by atoms with Crippen molar-refractivity contribution in [3.63, 3.8) is 0 Å². The molecule has 1 aromatic heterocycles. The van der Waals surface area contributed by atoms with Gasteiger partial charge in [-0.1, -0.05) is 0 Å². The van der Waals surface area contributed by atoms with Crippen molar-refractivity contribution in [2.45, 2.75) is 19.9 Å². The molecule has 0 saturated carbocycles. The number of rotatable bonds is 5. The van der Waals surface area contributed by atoms with Crippen molar-refractivity contribution in [1.82, 2.24) is 9.55 Å². The Morgan fingerprint density at radius 3 is 2.57 bits per heavy atom. The van der Waals surface area contributed by atoms with E-state index in [1.807, 2.05) is 43.8 Å². The first-order chi connectivity index (χ1) is 9.76. The zero-order chi connectivity index (χ0) is 15.6. The minimum atomic E-state index is -3.26. The topological polar surface area (TPSA) is 76.0 Å². The van der Waals surface area contributed by atoms with Crippen LogP contribution in [0.5, 0.6) is 0 Å². The first kappa shape index (κ1) is 15.4. The van der Waals surface area contributed by atoms with Gasteiger partial charge in [0, 0.05) is 25.1 Å². The second-order valence-corrected chi connectivity index (χ2v) is 6.91. The Labute approximate surface area is 125 Å². The summed E-state index contributed by atoms with van der Waals surface area (Å²) in [5.74, 6) is 0.936. The maximum atomic E-state index is 11.3. The highest BCUT2D eigenvalue weighted by molar-refractivity contribution is 7.92. The molecule has 0 aliphatic heterocycles. The fourth-order valence-electron chi connectivity index (χ4n) is 2.18. The summed E-state index contributed by atoms with van der Waals surface area (Å²) in [5.41, 5.74) is 2.37. The number of nitrogens with one attached hydrogen (secondary N) is 2. The monoisotopic (exact) mass is 308 g/mol.